The Kier molecular flexibility index (Phi) is 3.91. The highest BCUT2D eigenvalue weighted by Crippen LogP contribution is 2.20. The van der Waals surface area contributed by atoms with Crippen LogP contribution in [0.2, 0.25) is 0 Å². The summed E-state index contributed by atoms with van der Waals surface area (Å²) in [4.78, 5) is 14.0. The number of anilines is 2. The summed E-state index contributed by atoms with van der Waals surface area (Å²) < 4.78 is 1.83. The molecule has 2 aromatic heterocycles. The first kappa shape index (κ1) is 12.8. The van der Waals surface area contributed by atoms with Crippen molar-refractivity contribution >= 4 is 17.3 Å². The normalized spacial score (nSPS) is 10.3. The van der Waals surface area contributed by atoms with Crippen molar-refractivity contribution in [1.82, 2.24) is 14.8 Å². The van der Waals surface area contributed by atoms with Crippen LogP contribution in [0.4, 0.5) is 17.3 Å². The lowest BCUT2D eigenvalue weighted by molar-refractivity contribution is -0.384. The molecule has 2 heterocycles. The van der Waals surface area contributed by atoms with E-state index in [0.29, 0.717) is 12.4 Å². The highest BCUT2D eigenvalue weighted by Gasteiger charge is 2.12. The van der Waals surface area contributed by atoms with Crippen molar-refractivity contribution in [3.05, 3.63) is 40.7 Å². The van der Waals surface area contributed by atoms with Gasteiger partial charge in [0.05, 0.1) is 4.92 Å². The Morgan fingerprint density at radius 3 is 2.95 bits per heavy atom. The van der Waals surface area contributed by atoms with Gasteiger partial charge in [0.2, 0.25) is 5.82 Å². The number of nitrogens with zero attached hydrogens (tertiary/aromatic N) is 4. The van der Waals surface area contributed by atoms with Crippen LogP contribution in [0.3, 0.4) is 0 Å². The van der Waals surface area contributed by atoms with Crippen molar-refractivity contribution in [2.24, 2.45) is 0 Å². The zero-order valence-electron chi connectivity index (χ0n) is 10.2. The largest absolute Gasteiger partial charge is 0.378 e. The Morgan fingerprint density at radius 1 is 1.47 bits per heavy atom. The SMILES string of the molecule is Nc1nc(NCCCn2cccn2)ccc1[N+](=O)[O-]. The Balaban J connectivity index is 1.83. The van der Waals surface area contributed by atoms with Crippen LogP contribution in [0, 0.1) is 10.1 Å². The maximum atomic E-state index is 10.6. The molecule has 0 atom stereocenters. The third-order valence-electron chi connectivity index (χ3n) is 2.53. The predicted octanol–water partition coefficient (Wildman–Crippen LogP) is 1.27. The quantitative estimate of drug-likeness (QED) is 0.460. The Morgan fingerprint density at radius 2 is 2.32 bits per heavy atom. The number of nitro groups is 1. The minimum Gasteiger partial charge on any atom is -0.378 e. The molecule has 0 bridgehead atoms. The lowest BCUT2D eigenvalue weighted by atomic mass is 10.3. The van der Waals surface area contributed by atoms with Gasteiger partial charge in [-0.3, -0.25) is 14.8 Å². The average molecular weight is 262 g/mol. The van der Waals surface area contributed by atoms with E-state index >= 15 is 0 Å². The van der Waals surface area contributed by atoms with Crippen LogP contribution in [-0.4, -0.2) is 26.2 Å². The molecule has 0 radical (unpaired) electrons. The van der Waals surface area contributed by atoms with Crippen LogP contribution < -0.4 is 11.1 Å². The maximum absolute atomic E-state index is 10.6. The van der Waals surface area contributed by atoms with Crippen LogP contribution in [-0.2, 0) is 6.54 Å². The van der Waals surface area contributed by atoms with Gasteiger partial charge in [0.15, 0.2) is 0 Å². The molecule has 8 nitrogen and oxygen atoms in total. The van der Waals surface area contributed by atoms with Gasteiger partial charge < -0.3 is 11.1 Å². The Hall–Kier alpha value is -2.64. The van der Waals surface area contributed by atoms with Gasteiger partial charge >= 0.3 is 5.69 Å². The summed E-state index contributed by atoms with van der Waals surface area (Å²) in [7, 11) is 0. The van der Waals surface area contributed by atoms with Gasteiger partial charge in [0, 0.05) is 31.5 Å². The fourth-order valence-corrected chi connectivity index (χ4v) is 1.61. The second-order valence-electron chi connectivity index (χ2n) is 3.91. The van der Waals surface area contributed by atoms with Gasteiger partial charge in [-0.1, -0.05) is 0 Å². The standard InChI is InChI=1S/C11H14N6O2/c12-11-9(17(18)19)3-4-10(15-11)13-5-1-7-16-8-2-6-14-16/h2-4,6,8H,1,5,7H2,(H3,12,13,15). The molecule has 100 valence electrons. The summed E-state index contributed by atoms with van der Waals surface area (Å²) in [6.45, 7) is 1.48. The molecule has 0 saturated heterocycles. The van der Waals surface area contributed by atoms with E-state index < -0.39 is 4.92 Å². The number of rotatable bonds is 6. The maximum Gasteiger partial charge on any atom is 0.311 e. The van der Waals surface area contributed by atoms with Gasteiger partial charge in [-0.05, 0) is 18.6 Å². The highest BCUT2D eigenvalue weighted by molar-refractivity contribution is 5.57. The molecule has 0 unspecified atom stereocenters. The predicted molar refractivity (Wildman–Crippen MR) is 70.6 cm³/mol. The molecule has 19 heavy (non-hydrogen) atoms. The molecule has 0 aliphatic heterocycles. The van der Waals surface area contributed by atoms with Crippen molar-refractivity contribution in [3.8, 4) is 0 Å². The lowest BCUT2D eigenvalue weighted by Gasteiger charge is -2.06. The van der Waals surface area contributed by atoms with E-state index in [9.17, 15) is 10.1 Å². The molecular formula is C11H14N6O2. The number of nitrogen functional groups attached to an aromatic ring is 1. The molecule has 0 fully saturated rings. The van der Waals surface area contributed by atoms with E-state index in [0.717, 1.165) is 13.0 Å². The van der Waals surface area contributed by atoms with Crippen LogP contribution in [0.25, 0.3) is 0 Å². The Bertz CT molecular complexity index is 554. The second-order valence-corrected chi connectivity index (χ2v) is 3.91. The highest BCUT2D eigenvalue weighted by atomic mass is 16.6. The van der Waals surface area contributed by atoms with Crippen molar-refractivity contribution in [1.29, 1.82) is 0 Å². The molecule has 8 heteroatoms. The minimum atomic E-state index is -0.552. The Labute approximate surface area is 109 Å². The zero-order chi connectivity index (χ0) is 13.7. The van der Waals surface area contributed by atoms with Gasteiger partial charge in [-0.15, -0.1) is 0 Å². The molecule has 0 amide bonds. The summed E-state index contributed by atoms with van der Waals surface area (Å²) in [5, 5.41) is 17.7. The van der Waals surface area contributed by atoms with Gasteiger partial charge in [-0.2, -0.15) is 5.10 Å². The zero-order valence-corrected chi connectivity index (χ0v) is 10.2. The van der Waals surface area contributed by atoms with Crippen LogP contribution in [0.5, 0.6) is 0 Å². The molecule has 3 N–H and O–H groups in total. The summed E-state index contributed by atoms with van der Waals surface area (Å²) in [5.74, 6) is 0.450. The van der Waals surface area contributed by atoms with E-state index in [1.807, 2.05) is 16.9 Å². The van der Waals surface area contributed by atoms with E-state index in [1.165, 1.54) is 6.07 Å². The molecule has 0 aliphatic carbocycles. The minimum absolute atomic E-state index is 0.0814. The average Bonchev–Trinajstić information content (AvgIpc) is 2.87. The smallest absolute Gasteiger partial charge is 0.311 e. The van der Waals surface area contributed by atoms with Gasteiger partial charge in [-0.25, -0.2) is 4.98 Å². The van der Waals surface area contributed by atoms with E-state index in [4.69, 9.17) is 5.73 Å². The first-order valence-corrected chi connectivity index (χ1v) is 5.79. The molecule has 2 aromatic rings. The number of hydrogen-bond acceptors (Lipinski definition) is 6. The van der Waals surface area contributed by atoms with E-state index in [1.54, 1.807) is 12.3 Å². The third kappa shape index (κ3) is 3.41. The van der Waals surface area contributed by atoms with Crippen LogP contribution >= 0.6 is 0 Å². The number of aromatic nitrogens is 3. The number of aryl methyl sites for hydroxylation is 1. The van der Waals surface area contributed by atoms with E-state index in [2.05, 4.69) is 15.4 Å². The summed E-state index contributed by atoms with van der Waals surface area (Å²) in [6.07, 6.45) is 4.48. The number of nitrogens with one attached hydrogen (secondary N) is 1. The van der Waals surface area contributed by atoms with Crippen LogP contribution in [0.1, 0.15) is 6.42 Å². The topological polar surface area (TPSA) is 112 Å². The van der Waals surface area contributed by atoms with Crippen molar-refractivity contribution in [2.45, 2.75) is 13.0 Å². The van der Waals surface area contributed by atoms with Crippen molar-refractivity contribution < 1.29 is 4.92 Å². The molecule has 0 spiro atoms. The lowest BCUT2D eigenvalue weighted by Crippen LogP contribution is -2.09. The third-order valence-corrected chi connectivity index (χ3v) is 2.53. The number of hydrogen-bond donors (Lipinski definition) is 2. The first-order chi connectivity index (χ1) is 9.16. The fourth-order valence-electron chi connectivity index (χ4n) is 1.61. The molecule has 2 rings (SSSR count). The number of nitrogens with two attached hydrogens (primary N) is 1. The van der Waals surface area contributed by atoms with Gasteiger partial charge in [0.1, 0.15) is 5.82 Å². The van der Waals surface area contributed by atoms with Crippen molar-refractivity contribution in [2.75, 3.05) is 17.6 Å². The number of pyridine rings is 1. The molecular weight excluding hydrogens is 248 g/mol. The van der Waals surface area contributed by atoms with Crippen LogP contribution in [0.15, 0.2) is 30.6 Å². The second kappa shape index (κ2) is 5.80. The fraction of sp³-hybridized carbons (Fsp3) is 0.273. The summed E-state index contributed by atoms with van der Waals surface area (Å²) >= 11 is 0. The van der Waals surface area contributed by atoms with Crippen molar-refractivity contribution in [3.63, 3.8) is 0 Å². The summed E-state index contributed by atoms with van der Waals surface area (Å²) in [5.41, 5.74) is 5.32. The monoisotopic (exact) mass is 262 g/mol. The van der Waals surface area contributed by atoms with E-state index in [-0.39, 0.29) is 11.5 Å². The molecule has 0 aliphatic rings. The summed E-state index contributed by atoms with van der Waals surface area (Å²) in [6, 6.07) is 4.76. The molecule has 0 saturated carbocycles. The molecule has 0 aromatic carbocycles. The first-order valence-electron chi connectivity index (χ1n) is 5.79. The van der Waals surface area contributed by atoms with Gasteiger partial charge in [0.25, 0.3) is 0 Å².